The Morgan fingerprint density at radius 1 is 1.28 bits per heavy atom. The van der Waals surface area contributed by atoms with Gasteiger partial charge in [0, 0.05) is 11.3 Å². The lowest BCUT2D eigenvalue weighted by atomic mass is 9.98. The normalized spacial score (nSPS) is 10.7. The Balaban J connectivity index is 2.38. The van der Waals surface area contributed by atoms with Gasteiger partial charge in [-0.25, -0.2) is 0 Å². The van der Waals surface area contributed by atoms with Crippen LogP contribution < -0.4 is 14.8 Å². The van der Waals surface area contributed by atoms with Crippen molar-refractivity contribution in [2.45, 2.75) is 33.6 Å². The van der Waals surface area contributed by atoms with E-state index in [9.17, 15) is 4.79 Å². The van der Waals surface area contributed by atoms with E-state index < -0.39 is 0 Å². The monoisotopic (exact) mass is 361 g/mol. The molecule has 0 saturated heterocycles. The van der Waals surface area contributed by atoms with E-state index >= 15 is 0 Å². The first-order valence-corrected chi connectivity index (χ1v) is 8.68. The summed E-state index contributed by atoms with van der Waals surface area (Å²) in [6.45, 7) is 8.50. The van der Waals surface area contributed by atoms with E-state index in [1.54, 1.807) is 12.1 Å². The largest absolute Gasteiger partial charge is 0.493 e. The molecular formula is C20H24ClNO3. The van der Waals surface area contributed by atoms with Crippen molar-refractivity contribution < 1.29 is 14.3 Å². The number of para-hydroxylation sites is 1. The SMILES string of the molecule is CCOc1c(Cl)cc(C(=O)Nc2c(C)cccc2C(C)C)cc1OC. The lowest BCUT2D eigenvalue weighted by Crippen LogP contribution is -2.15. The third-order valence-electron chi connectivity index (χ3n) is 3.95. The molecule has 2 rings (SSSR count). The first-order valence-electron chi connectivity index (χ1n) is 8.30. The highest BCUT2D eigenvalue weighted by Gasteiger charge is 2.18. The maximum atomic E-state index is 12.8. The predicted molar refractivity (Wildman–Crippen MR) is 102 cm³/mol. The summed E-state index contributed by atoms with van der Waals surface area (Å²) in [6, 6.07) is 9.24. The van der Waals surface area contributed by atoms with Crippen LogP contribution in [0, 0.1) is 6.92 Å². The van der Waals surface area contributed by atoms with Crippen LogP contribution in [-0.2, 0) is 0 Å². The zero-order valence-corrected chi connectivity index (χ0v) is 16.0. The summed E-state index contributed by atoms with van der Waals surface area (Å²) in [4.78, 5) is 12.8. The number of methoxy groups -OCH3 is 1. The fraction of sp³-hybridized carbons (Fsp3) is 0.350. The van der Waals surface area contributed by atoms with Crippen LogP contribution in [0.4, 0.5) is 5.69 Å². The lowest BCUT2D eigenvalue weighted by Gasteiger charge is -2.17. The summed E-state index contributed by atoms with van der Waals surface area (Å²) in [6.07, 6.45) is 0. The van der Waals surface area contributed by atoms with E-state index in [4.69, 9.17) is 21.1 Å². The number of carbonyl (C=O) groups excluding carboxylic acids is 1. The highest BCUT2D eigenvalue weighted by molar-refractivity contribution is 6.32. The number of carbonyl (C=O) groups is 1. The van der Waals surface area contributed by atoms with E-state index in [2.05, 4.69) is 19.2 Å². The second-order valence-corrected chi connectivity index (χ2v) is 6.48. The van der Waals surface area contributed by atoms with E-state index in [0.29, 0.717) is 34.6 Å². The molecule has 0 unspecified atom stereocenters. The highest BCUT2D eigenvalue weighted by atomic mass is 35.5. The summed E-state index contributed by atoms with van der Waals surface area (Å²) in [5.41, 5.74) is 3.37. The van der Waals surface area contributed by atoms with Crippen LogP contribution in [0.5, 0.6) is 11.5 Å². The van der Waals surface area contributed by atoms with Crippen LogP contribution in [0.2, 0.25) is 5.02 Å². The Labute approximate surface area is 154 Å². The Hall–Kier alpha value is -2.20. The van der Waals surface area contributed by atoms with Crippen molar-refractivity contribution in [3.8, 4) is 11.5 Å². The Bertz CT molecular complexity index is 772. The van der Waals surface area contributed by atoms with E-state index in [0.717, 1.165) is 16.8 Å². The number of rotatable bonds is 6. The zero-order valence-electron chi connectivity index (χ0n) is 15.3. The maximum Gasteiger partial charge on any atom is 0.255 e. The molecule has 0 radical (unpaired) electrons. The van der Waals surface area contributed by atoms with Crippen molar-refractivity contribution in [3.63, 3.8) is 0 Å². The average molecular weight is 362 g/mol. The molecule has 5 heteroatoms. The van der Waals surface area contributed by atoms with Gasteiger partial charge in [0.05, 0.1) is 18.7 Å². The summed E-state index contributed by atoms with van der Waals surface area (Å²) >= 11 is 6.27. The van der Waals surface area contributed by atoms with Gasteiger partial charge >= 0.3 is 0 Å². The number of amides is 1. The minimum atomic E-state index is -0.237. The molecule has 0 aliphatic rings. The molecule has 0 saturated carbocycles. The van der Waals surface area contributed by atoms with Gasteiger partial charge in [0.1, 0.15) is 0 Å². The molecule has 0 atom stereocenters. The smallest absolute Gasteiger partial charge is 0.255 e. The van der Waals surface area contributed by atoms with Crippen molar-refractivity contribution in [1.29, 1.82) is 0 Å². The number of ether oxygens (including phenoxy) is 2. The minimum absolute atomic E-state index is 0.237. The Morgan fingerprint density at radius 2 is 2.00 bits per heavy atom. The molecule has 0 heterocycles. The molecule has 0 aliphatic heterocycles. The van der Waals surface area contributed by atoms with E-state index in [-0.39, 0.29) is 5.91 Å². The van der Waals surface area contributed by atoms with Crippen molar-refractivity contribution in [2.24, 2.45) is 0 Å². The molecule has 25 heavy (non-hydrogen) atoms. The second-order valence-electron chi connectivity index (χ2n) is 6.07. The third kappa shape index (κ3) is 4.26. The summed E-state index contributed by atoms with van der Waals surface area (Å²) in [5.74, 6) is 0.948. The number of halogens is 1. The summed E-state index contributed by atoms with van der Waals surface area (Å²) in [7, 11) is 1.52. The van der Waals surface area contributed by atoms with Crippen molar-refractivity contribution >= 4 is 23.2 Å². The first kappa shape index (κ1) is 19.1. The lowest BCUT2D eigenvalue weighted by molar-refractivity contribution is 0.102. The van der Waals surface area contributed by atoms with Crippen LogP contribution in [0.3, 0.4) is 0 Å². The van der Waals surface area contributed by atoms with Gasteiger partial charge in [-0.2, -0.15) is 0 Å². The van der Waals surface area contributed by atoms with Gasteiger partial charge in [-0.3, -0.25) is 4.79 Å². The molecule has 134 valence electrons. The second kappa shape index (κ2) is 8.26. The highest BCUT2D eigenvalue weighted by Crippen LogP contribution is 2.37. The van der Waals surface area contributed by atoms with Gasteiger partial charge in [0.15, 0.2) is 11.5 Å². The third-order valence-corrected chi connectivity index (χ3v) is 4.23. The van der Waals surface area contributed by atoms with Gasteiger partial charge in [0.25, 0.3) is 5.91 Å². The predicted octanol–water partition coefficient (Wildman–Crippen LogP) is 5.43. The van der Waals surface area contributed by atoms with Gasteiger partial charge in [-0.05, 0) is 43.0 Å². The molecule has 2 aromatic rings. The first-order chi connectivity index (χ1) is 11.9. The van der Waals surface area contributed by atoms with Crippen LogP contribution in [-0.4, -0.2) is 19.6 Å². The molecular weight excluding hydrogens is 338 g/mol. The van der Waals surface area contributed by atoms with Crippen LogP contribution in [0.15, 0.2) is 30.3 Å². The fourth-order valence-electron chi connectivity index (χ4n) is 2.66. The van der Waals surface area contributed by atoms with Crippen LogP contribution >= 0.6 is 11.6 Å². The van der Waals surface area contributed by atoms with E-state index in [1.807, 2.05) is 32.0 Å². The molecule has 0 spiro atoms. The molecule has 0 aliphatic carbocycles. The maximum absolute atomic E-state index is 12.8. The van der Waals surface area contributed by atoms with Gasteiger partial charge < -0.3 is 14.8 Å². The van der Waals surface area contributed by atoms with Crippen molar-refractivity contribution in [1.82, 2.24) is 0 Å². The number of benzene rings is 2. The van der Waals surface area contributed by atoms with Crippen molar-refractivity contribution in [3.05, 3.63) is 52.0 Å². The number of hydrogen-bond acceptors (Lipinski definition) is 3. The molecule has 1 amide bonds. The summed E-state index contributed by atoms with van der Waals surface area (Å²) < 4.78 is 10.8. The number of nitrogens with one attached hydrogen (secondary N) is 1. The number of anilines is 1. The Kier molecular flexibility index (Phi) is 6.32. The standard InChI is InChI=1S/C20H24ClNO3/c1-6-25-19-16(21)10-14(11-17(19)24-5)20(23)22-18-13(4)8-7-9-15(18)12(2)3/h7-12H,6H2,1-5H3,(H,22,23). The molecule has 0 aromatic heterocycles. The topological polar surface area (TPSA) is 47.6 Å². The van der Waals surface area contributed by atoms with E-state index in [1.165, 1.54) is 7.11 Å². The van der Waals surface area contributed by atoms with Crippen LogP contribution in [0.1, 0.15) is 48.2 Å². The minimum Gasteiger partial charge on any atom is -0.493 e. The molecule has 1 N–H and O–H groups in total. The van der Waals surface area contributed by atoms with Gasteiger partial charge in [0.2, 0.25) is 0 Å². The Morgan fingerprint density at radius 3 is 2.60 bits per heavy atom. The fourth-order valence-corrected chi connectivity index (χ4v) is 2.93. The summed E-state index contributed by atoms with van der Waals surface area (Å²) in [5, 5.41) is 3.36. The molecule has 0 bridgehead atoms. The molecule has 4 nitrogen and oxygen atoms in total. The van der Waals surface area contributed by atoms with Gasteiger partial charge in [-0.15, -0.1) is 0 Å². The quantitative estimate of drug-likeness (QED) is 0.746. The molecule has 2 aromatic carbocycles. The molecule has 0 fully saturated rings. The van der Waals surface area contributed by atoms with Crippen LogP contribution in [0.25, 0.3) is 0 Å². The average Bonchev–Trinajstić information content (AvgIpc) is 2.57. The van der Waals surface area contributed by atoms with Crippen molar-refractivity contribution in [2.75, 3.05) is 19.0 Å². The number of aryl methyl sites for hydroxylation is 1. The van der Waals surface area contributed by atoms with Gasteiger partial charge in [-0.1, -0.05) is 43.6 Å². The number of hydrogen-bond donors (Lipinski definition) is 1. The zero-order chi connectivity index (χ0) is 18.6.